The molecule has 7 nitrogen and oxygen atoms in total. The van der Waals surface area contributed by atoms with Gasteiger partial charge in [-0.15, -0.1) is 24.0 Å². The van der Waals surface area contributed by atoms with Crippen molar-refractivity contribution in [3.8, 4) is 0 Å². The second kappa shape index (κ2) is 12.4. The van der Waals surface area contributed by atoms with Gasteiger partial charge in [0.05, 0.1) is 6.54 Å². The van der Waals surface area contributed by atoms with E-state index in [4.69, 9.17) is 0 Å². The molecule has 0 saturated carbocycles. The lowest BCUT2D eigenvalue weighted by atomic mass is 10.1. The Morgan fingerprint density at radius 2 is 1.94 bits per heavy atom. The summed E-state index contributed by atoms with van der Waals surface area (Å²) in [7, 11) is 1.70. The molecule has 0 bridgehead atoms. The van der Waals surface area contributed by atoms with Gasteiger partial charge in [0.15, 0.2) is 5.96 Å². The van der Waals surface area contributed by atoms with Crippen molar-refractivity contribution < 1.29 is 14.0 Å². The summed E-state index contributed by atoms with van der Waals surface area (Å²) >= 11 is 0. The van der Waals surface area contributed by atoms with Crippen LogP contribution in [0.1, 0.15) is 27.0 Å². The molecule has 0 aliphatic carbocycles. The number of hydrogen-bond acceptors (Lipinski definition) is 3. The van der Waals surface area contributed by atoms with Gasteiger partial charge in [0.1, 0.15) is 5.82 Å². The third-order valence-electron chi connectivity index (χ3n) is 5.20. The number of carbonyl (C=O) groups excluding carboxylic acids is 2. The number of carbonyl (C=O) groups is 2. The van der Waals surface area contributed by atoms with Gasteiger partial charge in [0.2, 0.25) is 5.91 Å². The Labute approximate surface area is 204 Å². The molecular weight excluding hydrogens is 524 g/mol. The molecule has 0 aromatic heterocycles. The molecule has 2 amide bonds. The fourth-order valence-electron chi connectivity index (χ4n) is 3.42. The van der Waals surface area contributed by atoms with Crippen molar-refractivity contribution in [2.45, 2.75) is 19.9 Å². The molecule has 2 aromatic carbocycles. The minimum atomic E-state index is -0.221. The SMILES string of the molecule is CN=C(NCCc1ccc(F)cc1C)NCc1ccc(C(=O)N2CCNC(=O)C2)cc1.I. The average Bonchev–Trinajstić information content (AvgIpc) is 2.77. The summed E-state index contributed by atoms with van der Waals surface area (Å²) < 4.78 is 13.2. The summed E-state index contributed by atoms with van der Waals surface area (Å²) in [6.45, 7) is 4.23. The fourth-order valence-corrected chi connectivity index (χ4v) is 3.42. The van der Waals surface area contributed by atoms with Crippen LogP contribution in [0, 0.1) is 12.7 Å². The Kier molecular flexibility index (Phi) is 9.89. The van der Waals surface area contributed by atoms with Gasteiger partial charge in [-0.1, -0.05) is 18.2 Å². The Balaban J connectivity index is 0.00000363. The number of aliphatic imine (C=N–C) groups is 1. The Morgan fingerprint density at radius 3 is 2.59 bits per heavy atom. The first-order valence-corrected chi connectivity index (χ1v) is 10.3. The van der Waals surface area contributed by atoms with Gasteiger partial charge in [-0.2, -0.15) is 0 Å². The lowest BCUT2D eigenvalue weighted by Gasteiger charge is -2.26. The van der Waals surface area contributed by atoms with Crippen LogP contribution in [0.25, 0.3) is 0 Å². The molecule has 0 radical (unpaired) electrons. The van der Waals surface area contributed by atoms with Crippen LogP contribution in [0.15, 0.2) is 47.5 Å². The number of halogens is 2. The molecule has 2 aromatic rings. The topological polar surface area (TPSA) is 85.8 Å². The van der Waals surface area contributed by atoms with E-state index >= 15 is 0 Å². The normalized spacial score (nSPS) is 13.8. The van der Waals surface area contributed by atoms with Crippen molar-refractivity contribution in [2.75, 3.05) is 33.2 Å². The maximum atomic E-state index is 13.2. The van der Waals surface area contributed by atoms with Gasteiger partial charge in [-0.25, -0.2) is 4.39 Å². The molecule has 1 aliphatic heterocycles. The lowest BCUT2D eigenvalue weighted by Crippen LogP contribution is -2.49. The van der Waals surface area contributed by atoms with Crippen LogP contribution in [0.5, 0.6) is 0 Å². The second-order valence-electron chi connectivity index (χ2n) is 7.45. The zero-order valence-electron chi connectivity index (χ0n) is 18.3. The fraction of sp³-hybridized carbons (Fsp3) is 0.348. The second-order valence-corrected chi connectivity index (χ2v) is 7.45. The van der Waals surface area contributed by atoms with Crippen LogP contribution in [-0.4, -0.2) is 55.9 Å². The van der Waals surface area contributed by atoms with E-state index in [-0.39, 0.29) is 48.2 Å². The van der Waals surface area contributed by atoms with Crippen molar-refractivity contribution in [3.05, 3.63) is 70.5 Å². The molecule has 0 atom stereocenters. The Bertz CT molecular complexity index is 965. The van der Waals surface area contributed by atoms with Gasteiger partial charge >= 0.3 is 0 Å². The van der Waals surface area contributed by atoms with Crippen molar-refractivity contribution in [1.29, 1.82) is 0 Å². The number of rotatable bonds is 6. The van der Waals surface area contributed by atoms with E-state index in [1.165, 1.54) is 12.1 Å². The molecule has 0 spiro atoms. The summed E-state index contributed by atoms with van der Waals surface area (Å²) in [5.41, 5.74) is 3.60. The monoisotopic (exact) mass is 553 g/mol. The maximum absolute atomic E-state index is 13.2. The van der Waals surface area contributed by atoms with E-state index in [9.17, 15) is 14.0 Å². The largest absolute Gasteiger partial charge is 0.356 e. The van der Waals surface area contributed by atoms with Crippen LogP contribution < -0.4 is 16.0 Å². The van der Waals surface area contributed by atoms with Crippen molar-refractivity contribution in [1.82, 2.24) is 20.9 Å². The predicted octanol–water partition coefficient (Wildman–Crippen LogP) is 2.23. The van der Waals surface area contributed by atoms with Crippen LogP contribution in [0.4, 0.5) is 4.39 Å². The first-order valence-electron chi connectivity index (χ1n) is 10.3. The molecule has 32 heavy (non-hydrogen) atoms. The molecule has 1 heterocycles. The first kappa shape index (κ1) is 25.6. The van der Waals surface area contributed by atoms with Crippen LogP contribution in [0.3, 0.4) is 0 Å². The third kappa shape index (κ3) is 7.18. The molecule has 1 fully saturated rings. The van der Waals surface area contributed by atoms with Crippen molar-refractivity contribution >= 4 is 41.8 Å². The predicted molar refractivity (Wildman–Crippen MR) is 134 cm³/mol. The van der Waals surface area contributed by atoms with E-state index in [1.807, 2.05) is 25.1 Å². The summed E-state index contributed by atoms with van der Waals surface area (Å²) in [6, 6.07) is 12.2. The quantitative estimate of drug-likeness (QED) is 0.291. The molecule has 1 aliphatic rings. The molecule has 3 rings (SSSR count). The van der Waals surface area contributed by atoms with Crippen LogP contribution in [-0.2, 0) is 17.8 Å². The molecule has 1 saturated heterocycles. The van der Waals surface area contributed by atoms with E-state index in [0.717, 1.165) is 23.1 Å². The zero-order valence-corrected chi connectivity index (χ0v) is 20.6. The van der Waals surface area contributed by atoms with Gasteiger partial charge in [0, 0.05) is 38.8 Å². The van der Waals surface area contributed by atoms with Crippen LogP contribution >= 0.6 is 24.0 Å². The standard InChI is InChI=1S/C23H28FN5O2.HI/c1-16-13-20(24)8-7-18(16)9-10-27-23(25-2)28-14-17-3-5-19(6-4-17)22(31)29-12-11-26-21(30)15-29;/h3-8,13H,9-12,14-15H2,1-2H3,(H,26,30)(H2,25,27,28);1H. The minimum absolute atomic E-state index is 0. The summed E-state index contributed by atoms with van der Waals surface area (Å²) in [6.07, 6.45) is 0.762. The smallest absolute Gasteiger partial charge is 0.254 e. The van der Waals surface area contributed by atoms with Gasteiger partial charge in [-0.3, -0.25) is 14.6 Å². The van der Waals surface area contributed by atoms with Crippen molar-refractivity contribution in [3.63, 3.8) is 0 Å². The summed E-state index contributed by atoms with van der Waals surface area (Å²) in [5, 5.41) is 9.21. The molecule has 9 heteroatoms. The number of hydrogen-bond donors (Lipinski definition) is 3. The van der Waals surface area contributed by atoms with E-state index in [1.54, 1.807) is 24.1 Å². The number of nitrogens with zero attached hydrogens (tertiary/aromatic N) is 2. The minimum Gasteiger partial charge on any atom is -0.356 e. The molecule has 3 N–H and O–H groups in total. The van der Waals surface area contributed by atoms with E-state index in [2.05, 4.69) is 20.9 Å². The number of piperazine rings is 1. The number of nitrogens with one attached hydrogen (secondary N) is 3. The van der Waals surface area contributed by atoms with E-state index < -0.39 is 0 Å². The molecule has 0 unspecified atom stereocenters. The van der Waals surface area contributed by atoms with Gasteiger partial charge < -0.3 is 20.9 Å². The van der Waals surface area contributed by atoms with Gasteiger partial charge in [-0.05, 0) is 54.3 Å². The highest BCUT2D eigenvalue weighted by atomic mass is 127. The average molecular weight is 553 g/mol. The van der Waals surface area contributed by atoms with E-state index in [0.29, 0.717) is 37.7 Å². The third-order valence-corrected chi connectivity index (χ3v) is 5.20. The van der Waals surface area contributed by atoms with Crippen LogP contribution in [0.2, 0.25) is 0 Å². The summed E-state index contributed by atoms with van der Waals surface area (Å²) in [5.74, 6) is 0.178. The highest BCUT2D eigenvalue weighted by Gasteiger charge is 2.22. The zero-order chi connectivity index (χ0) is 22.2. The molecule has 172 valence electrons. The number of guanidine groups is 1. The Morgan fingerprint density at radius 1 is 1.19 bits per heavy atom. The first-order chi connectivity index (χ1) is 15.0. The summed E-state index contributed by atoms with van der Waals surface area (Å²) in [4.78, 5) is 29.8. The maximum Gasteiger partial charge on any atom is 0.254 e. The number of amides is 2. The number of aryl methyl sites for hydroxylation is 1. The number of benzene rings is 2. The Hall–Kier alpha value is -2.69. The molecular formula is C23H29FIN5O2. The highest BCUT2D eigenvalue weighted by molar-refractivity contribution is 14.0. The lowest BCUT2D eigenvalue weighted by molar-refractivity contribution is -0.123. The van der Waals surface area contributed by atoms with Crippen molar-refractivity contribution in [2.24, 2.45) is 4.99 Å². The van der Waals surface area contributed by atoms with Gasteiger partial charge in [0.25, 0.3) is 5.91 Å². The highest BCUT2D eigenvalue weighted by Crippen LogP contribution is 2.11.